The SMILES string of the molecule is CCOC(=O)C12CC=CCN(S(C)(=O)=O)C1CCC2. The smallest absolute Gasteiger partial charge is 0.314 e. The largest absolute Gasteiger partial charge is 0.466 e. The van der Waals surface area contributed by atoms with Gasteiger partial charge < -0.3 is 4.74 Å². The molecule has 0 bridgehead atoms. The molecule has 1 aliphatic carbocycles. The molecule has 0 aromatic carbocycles. The third kappa shape index (κ3) is 2.56. The van der Waals surface area contributed by atoms with E-state index in [0.29, 0.717) is 26.0 Å². The molecule has 1 heterocycles. The zero-order chi connectivity index (χ0) is 14.1. The zero-order valence-corrected chi connectivity index (χ0v) is 12.3. The molecule has 1 fully saturated rings. The van der Waals surface area contributed by atoms with Crippen LogP contribution in [-0.4, -0.2) is 44.1 Å². The summed E-state index contributed by atoms with van der Waals surface area (Å²) >= 11 is 0. The number of hydrogen-bond acceptors (Lipinski definition) is 4. The van der Waals surface area contributed by atoms with Gasteiger partial charge in [-0.05, 0) is 26.2 Å². The Hall–Kier alpha value is -0.880. The van der Waals surface area contributed by atoms with E-state index in [1.165, 1.54) is 10.6 Å². The average molecular weight is 287 g/mol. The van der Waals surface area contributed by atoms with E-state index >= 15 is 0 Å². The second-order valence-corrected chi connectivity index (χ2v) is 7.23. The minimum atomic E-state index is -3.32. The molecule has 19 heavy (non-hydrogen) atoms. The van der Waals surface area contributed by atoms with Crippen molar-refractivity contribution in [2.45, 2.75) is 38.6 Å². The van der Waals surface area contributed by atoms with Crippen molar-refractivity contribution in [1.82, 2.24) is 4.31 Å². The second kappa shape index (κ2) is 5.25. The normalized spacial score (nSPS) is 31.8. The Balaban J connectivity index is 2.40. The van der Waals surface area contributed by atoms with E-state index in [2.05, 4.69) is 0 Å². The van der Waals surface area contributed by atoms with Crippen LogP contribution in [0, 0.1) is 5.41 Å². The molecule has 0 spiro atoms. The van der Waals surface area contributed by atoms with Crippen molar-refractivity contribution in [2.75, 3.05) is 19.4 Å². The van der Waals surface area contributed by atoms with Gasteiger partial charge in [0.05, 0.1) is 18.3 Å². The standard InChI is InChI=1S/C13H21NO4S/c1-3-18-12(15)13-8-4-5-10-14(19(2,16)17)11(13)7-6-9-13/h4-5,11H,3,6-10H2,1-2H3. The average Bonchev–Trinajstić information content (AvgIpc) is 2.64. The summed E-state index contributed by atoms with van der Waals surface area (Å²) < 4.78 is 30.6. The van der Waals surface area contributed by atoms with Gasteiger partial charge in [-0.1, -0.05) is 18.6 Å². The topological polar surface area (TPSA) is 63.7 Å². The Morgan fingerprint density at radius 1 is 1.47 bits per heavy atom. The number of rotatable bonds is 3. The van der Waals surface area contributed by atoms with E-state index < -0.39 is 15.4 Å². The molecule has 0 aromatic heterocycles. The molecule has 5 nitrogen and oxygen atoms in total. The lowest BCUT2D eigenvalue weighted by Gasteiger charge is -2.36. The van der Waals surface area contributed by atoms with Gasteiger partial charge >= 0.3 is 5.97 Å². The first-order valence-corrected chi connectivity index (χ1v) is 8.55. The fourth-order valence-electron chi connectivity index (χ4n) is 3.27. The summed E-state index contributed by atoms with van der Waals surface area (Å²) in [6.45, 7) is 2.46. The fraction of sp³-hybridized carbons (Fsp3) is 0.769. The molecule has 0 radical (unpaired) electrons. The lowest BCUT2D eigenvalue weighted by atomic mass is 9.79. The lowest BCUT2D eigenvalue weighted by Crippen LogP contribution is -2.50. The molecule has 2 unspecified atom stereocenters. The van der Waals surface area contributed by atoms with E-state index in [1.807, 2.05) is 12.2 Å². The van der Waals surface area contributed by atoms with Gasteiger partial charge in [0.25, 0.3) is 0 Å². The number of nitrogens with zero attached hydrogens (tertiary/aromatic N) is 1. The van der Waals surface area contributed by atoms with Crippen molar-refractivity contribution in [3.05, 3.63) is 12.2 Å². The van der Waals surface area contributed by atoms with Gasteiger partial charge in [-0.15, -0.1) is 0 Å². The van der Waals surface area contributed by atoms with Crippen molar-refractivity contribution in [3.63, 3.8) is 0 Å². The highest BCUT2D eigenvalue weighted by Gasteiger charge is 2.53. The Morgan fingerprint density at radius 3 is 2.84 bits per heavy atom. The minimum absolute atomic E-state index is 0.252. The van der Waals surface area contributed by atoms with Crippen LogP contribution in [0.1, 0.15) is 32.6 Å². The summed E-state index contributed by atoms with van der Waals surface area (Å²) in [5, 5.41) is 0. The summed E-state index contributed by atoms with van der Waals surface area (Å²) in [6.07, 6.45) is 7.83. The molecule has 108 valence electrons. The van der Waals surface area contributed by atoms with Crippen LogP contribution in [0.3, 0.4) is 0 Å². The zero-order valence-electron chi connectivity index (χ0n) is 11.5. The molecular weight excluding hydrogens is 266 g/mol. The number of ether oxygens (including phenoxy) is 1. The molecule has 2 atom stereocenters. The molecule has 0 aromatic rings. The van der Waals surface area contributed by atoms with Crippen LogP contribution in [-0.2, 0) is 19.6 Å². The van der Waals surface area contributed by atoms with Crippen LogP contribution in [0.5, 0.6) is 0 Å². The minimum Gasteiger partial charge on any atom is -0.466 e. The number of carbonyl (C=O) groups excluding carboxylic acids is 1. The molecule has 0 amide bonds. The number of fused-ring (bicyclic) bond motifs is 1. The third-order valence-electron chi connectivity index (χ3n) is 4.13. The highest BCUT2D eigenvalue weighted by Crippen LogP contribution is 2.47. The Kier molecular flexibility index (Phi) is 4.01. The summed E-state index contributed by atoms with van der Waals surface area (Å²) in [5.74, 6) is -0.252. The van der Waals surface area contributed by atoms with Crippen molar-refractivity contribution in [1.29, 1.82) is 0 Å². The van der Waals surface area contributed by atoms with Crippen molar-refractivity contribution in [3.8, 4) is 0 Å². The molecule has 0 saturated heterocycles. The van der Waals surface area contributed by atoms with Gasteiger partial charge in [0, 0.05) is 12.6 Å². The lowest BCUT2D eigenvalue weighted by molar-refractivity contribution is -0.157. The second-order valence-electron chi connectivity index (χ2n) is 5.29. The number of sulfonamides is 1. The molecule has 1 aliphatic heterocycles. The van der Waals surface area contributed by atoms with Crippen LogP contribution < -0.4 is 0 Å². The number of hydrogen-bond donors (Lipinski definition) is 0. The van der Waals surface area contributed by atoms with E-state index in [-0.39, 0.29) is 12.0 Å². The summed E-state index contributed by atoms with van der Waals surface area (Å²) in [4.78, 5) is 12.3. The first-order valence-electron chi connectivity index (χ1n) is 6.71. The maximum atomic E-state index is 12.3. The third-order valence-corrected chi connectivity index (χ3v) is 5.38. The van der Waals surface area contributed by atoms with Gasteiger partial charge in [-0.25, -0.2) is 8.42 Å². The molecule has 0 N–H and O–H groups in total. The van der Waals surface area contributed by atoms with Crippen LogP contribution >= 0.6 is 0 Å². The highest BCUT2D eigenvalue weighted by atomic mass is 32.2. The number of esters is 1. The Labute approximate surface area is 114 Å². The van der Waals surface area contributed by atoms with Gasteiger partial charge in [0.1, 0.15) is 0 Å². The molecular formula is C13H21NO4S. The predicted molar refractivity (Wildman–Crippen MR) is 72.0 cm³/mol. The quantitative estimate of drug-likeness (QED) is 0.580. The van der Waals surface area contributed by atoms with Gasteiger partial charge in [-0.3, -0.25) is 4.79 Å². The summed E-state index contributed by atoms with van der Waals surface area (Å²) in [6, 6.07) is -0.267. The van der Waals surface area contributed by atoms with Crippen LogP contribution in [0.15, 0.2) is 12.2 Å². The predicted octanol–water partition coefficient (Wildman–Crippen LogP) is 1.31. The number of allylic oxidation sites excluding steroid dienone is 1. The molecule has 1 saturated carbocycles. The fourth-order valence-corrected chi connectivity index (χ4v) is 4.40. The van der Waals surface area contributed by atoms with E-state index in [4.69, 9.17) is 4.74 Å². The van der Waals surface area contributed by atoms with Crippen LogP contribution in [0.4, 0.5) is 0 Å². The molecule has 6 heteroatoms. The van der Waals surface area contributed by atoms with Crippen molar-refractivity contribution >= 4 is 16.0 Å². The monoisotopic (exact) mass is 287 g/mol. The van der Waals surface area contributed by atoms with E-state index in [9.17, 15) is 13.2 Å². The van der Waals surface area contributed by atoms with Crippen LogP contribution in [0.25, 0.3) is 0 Å². The Morgan fingerprint density at radius 2 is 2.21 bits per heavy atom. The first-order chi connectivity index (χ1) is 8.92. The van der Waals surface area contributed by atoms with Gasteiger partial charge in [0.2, 0.25) is 10.0 Å². The van der Waals surface area contributed by atoms with Gasteiger partial charge in [-0.2, -0.15) is 4.31 Å². The maximum Gasteiger partial charge on any atom is 0.314 e. The molecule has 2 aliphatic rings. The summed E-state index contributed by atoms with van der Waals surface area (Å²) in [5.41, 5.74) is -0.688. The van der Waals surface area contributed by atoms with Crippen molar-refractivity contribution in [2.24, 2.45) is 5.41 Å². The first kappa shape index (κ1) is 14.5. The van der Waals surface area contributed by atoms with Gasteiger partial charge in [0.15, 0.2) is 0 Å². The molecule has 2 rings (SSSR count). The van der Waals surface area contributed by atoms with E-state index in [0.717, 1.165) is 12.8 Å². The van der Waals surface area contributed by atoms with E-state index in [1.54, 1.807) is 6.92 Å². The maximum absolute atomic E-state index is 12.3. The highest BCUT2D eigenvalue weighted by molar-refractivity contribution is 7.88. The summed E-state index contributed by atoms with van der Waals surface area (Å²) in [7, 11) is -3.32. The van der Waals surface area contributed by atoms with Crippen LogP contribution in [0.2, 0.25) is 0 Å². The van der Waals surface area contributed by atoms with Crippen molar-refractivity contribution < 1.29 is 17.9 Å². The Bertz CT molecular complexity index is 485. The number of carbonyl (C=O) groups is 1.